The summed E-state index contributed by atoms with van der Waals surface area (Å²) in [4.78, 5) is 8.91. The molecular formula is C17H20N6O. The molecule has 1 atom stereocenters. The predicted molar refractivity (Wildman–Crippen MR) is 88.2 cm³/mol. The van der Waals surface area contributed by atoms with Crippen molar-refractivity contribution in [2.75, 3.05) is 0 Å². The first kappa shape index (κ1) is 15.0. The molecule has 7 heteroatoms. The number of fused-ring (bicyclic) bond motifs is 1. The lowest BCUT2D eigenvalue weighted by molar-refractivity contribution is 0.350. The van der Waals surface area contributed by atoms with Crippen molar-refractivity contribution in [3.8, 4) is 11.5 Å². The Labute approximate surface area is 140 Å². The quantitative estimate of drug-likeness (QED) is 0.791. The zero-order chi connectivity index (χ0) is 16.5. The number of benzene rings is 1. The molecule has 0 radical (unpaired) electrons. The summed E-state index contributed by atoms with van der Waals surface area (Å²) in [5, 5.41) is 12.0. The second-order valence-corrected chi connectivity index (χ2v) is 6.26. The molecule has 0 aliphatic carbocycles. The second kappa shape index (κ2) is 6.16. The van der Waals surface area contributed by atoms with E-state index in [4.69, 9.17) is 4.52 Å². The Bertz CT molecular complexity index is 852. The molecule has 24 heavy (non-hydrogen) atoms. The fourth-order valence-corrected chi connectivity index (χ4v) is 3.06. The van der Waals surface area contributed by atoms with Crippen LogP contribution in [0.15, 0.2) is 28.8 Å². The molecule has 3 aromatic rings. The molecule has 7 nitrogen and oxygen atoms in total. The molecule has 124 valence electrons. The summed E-state index contributed by atoms with van der Waals surface area (Å²) in [5.41, 5.74) is 2.13. The van der Waals surface area contributed by atoms with Gasteiger partial charge in [-0.1, -0.05) is 22.9 Å². The second-order valence-electron chi connectivity index (χ2n) is 6.26. The van der Waals surface area contributed by atoms with Gasteiger partial charge in [0.25, 0.3) is 5.89 Å². The van der Waals surface area contributed by atoms with Crippen molar-refractivity contribution in [1.82, 2.24) is 30.2 Å². The molecular weight excluding hydrogens is 304 g/mol. The smallest absolute Gasteiger partial charge is 0.257 e. The molecule has 1 aliphatic heterocycles. The van der Waals surface area contributed by atoms with Crippen LogP contribution in [0.25, 0.3) is 11.5 Å². The van der Waals surface area contributed by atoms with Gasteiger partial charge in [-0.05, 0) is 32.4 Å². The summed E-state index contributed by atoms with van der Waals surface area (Å²) in [5.74, 6) is 3.15. The SMILES string of the molecule is Cc1cccc(-c2nc(CN[C@H]3CCc4nc(C)nn4C3)no2)c1. The van der Waals surface area contributed by atoms with Gasteiger partial charge in [0, 0.05) is 18.0 Å². The van der Waals surface area contributed by atoms with E-state index in [0.29, 0.717) is 24.3 Å². The topological polar surface area (TPSA) is 81.7 Å². The van der Waals surface area contributed by atoms with Gasteiger partial charge in [-0.3, -0.25) is 0 Å². The maximum Gasteiger partial charge on any atom is 0.257 e. The molecule has 2 aromatic heterocycles. The van der Waals surface area contributed by atoms with Crippen molar-refractivity contribution in [3.05, 3.63) is 47.3 Å². The van der Waals surface area contributed by atoms with Crippen molar-refractivity contribution in [2.24, 2.45) is 0 Å². The summed E-state index contributed by atoms with van der Waals surface area (Å²) in [7, 11) is 0. The van der Waals surface area contributed by atoms with Gasteiger partial charge < -0.3 is 9.84 Å². The van der Waals surface area contributed by atoms with E-state index < -0.39 is 0 Å². The Morgan fingerprint density at radius 1 is 1.29 bits per heavy atom. The van der Waals surface area contributed by atoms with E-state index in [1.54, 1.807) is 0 Å². The largest absolute Gasteiger partial charge is 0.334 e. The van der Waals surface area contributed by atoms with Gasteiger partial charge in [-0.15, -0.1) is 0 Å². The minimum Gasteiger partial charge on any atom is -0.334 e. The molecule has 0 fully saturated rings. The maximum atomic E-state index is 5.38. The van der Waals surface area contributed by atoms with Gasteiger partial charge in [0.1, 0.15) is 11.6 Å². The molecule has 0 spiro atoms. The Morgan fingerprint density at radius 3 is 3.08 bits per heavy atom. The van der Waals surface area contributed by atoms with E-state index in [2.05, 4.69) is 25.5 Å². The third kappa shape index (κ3) is 3.07. The lowest BCUT2D eigenvalue weighted by Gasteiger charge is -2.22. The zero-order valence-electron chi connectivity index (χ0n) is 13.9. The molecule has 0 amide bonds. The first-order valence-electron chi connectivity index (χ1n) is 8.21. The summed E-state index contributed by atoms with van der Waals surface area (Å²) >= 11 is 0. The molecule has 1 N–H and O–H groups in total. The monoisotopic (exact) mass is 324 g/mol. The fraction of sp³-hybridized carbons (Fsp3) is 0.412. The van der Waals surface area contributed by atoms with Crippen LogP contribution in [-0.4, -0.2) is 30.9 Å². The number of rotatable bonds is 4. The van der Waals surface area contributed by atoms with Gasteiger partial charge in [0.15, 0.2) is 5.82 Å². The van der Waals surface area contributed by atoms with E-state index in [1.165, 1.54) is 5.56 Å². The Morgan fingerprint density at radius 2 is 2.21 bits per heavy atom. The van der Waals surface area contributed by atoms with Crippen molar-refractivity contribution in [2.45, 2.75) is 45.8 Å². The highest BCUT2D eigenvalue weighted by Crippen LogP contribution is 2.18. The molecule has 0 saturated heterocycles. The van der Waals surface area contributed by atoms with Crippen LogP contribution in [0, 0.1) is 13.8 Å². The van der Waals surface area contributed by atoms with Crippen LogP contribution in [0.5, 0.6) is 0 Å². The minimum atomic E-state index is 0.347. The Balaban J connectivity index is 1.39. The predicted octanol–water partition coefficient (Wildman–Crippen LogP) is 2.05. The van der Waals surface area contributed by atoms with Crippen molar-refractivity contribution in [3.63, 3.8) is 0 Å². The standard InChI is InChI=1S/C17H20N6O/c1-11-4-3-5-13(8-11)17-20-15(22-24-17)9-18-14-6-7-16-19-12(2)21-23(16)10-14/h3-5,8,14,18H,6-7,9-10H2,1-2H3/t14-/m0/s1. The van der Waals surface area contributed by atoms with E-state index in [0.717, 1.165) is 36.6 Å². The van der Waals surface area contributed by atoms with Gasteiger partial charge >= 0.3 is 0 Å². The van der Waals surface area contributed by atoms with Crippen molar-refractivity contribution >= 4 is 0 Å². The zero-order valence-corrected chi connectivity index (χ0v) is 13.9. The van der Waals surface area contributed by atoms with E-state index in [9.17, 15) is 0 Å². The average molecular weight is 324 g/mol. The van der Waals surface area contributed by atoms with Crippen LogP contribution in [0.3, 0.4) is 0 Å². The molecule has 0 saturated carbocycles. The van der Waals surface area contributed by atoms with Crippen LogP contribution >= 0.6 is 0 Å². The third-order valence-electron chi connectivity index (χ3n) is 4.25. The number of hydrogen-bond donors (Lipinski definition) is 1. The highest BCUT2D eigenvalue weighted by Gasteiger charge is 2.21. The molecule has 0 bridgehead atoms. The number of aryl methyl sites for hydroxylation is 3. The first-order valence-corrected chi connectivity index (χ1v) is 8.21. The van der Waals surface area contributed by atoms with E-state index >= 15 is 0 Å². The van der Waals surface area contributed by atoms with Crippen LogP contribution in [0.2, 0.25) is 0 Å². The summed E-state index contributed by atoms with van der Waals surface area (Å²) in [6.45, 7) is 5.40. The van der Waals surface area contributed by atoms with Gasteiger partial charge in [0.05, 0.1) is 13.1 Å². The highest BCUT2D eigenvalue weighted by molar-refractivity contribution is 5.53. The average Bonchev–Trinajstić information content (AvgIpc) is 3.18. The summed E-state index contributed by atoms with van der Waals surface area (Å²) < 4.78 is 7.37. The van der Waals surface area contributed by atoms with Crippen molar-refractivity contribution < 1.29 is 4.52 Å². The van der Waals surface area contributed by atoms with Crippen LogP contribution in [0.4, 0.5) is 0 Å². The van der Waals surface area contributed by atoms with Gasteiger partial charge in [-0.25, -0.2) is 9.67 Å². The van der Waals surface area contributed by atoms with E-state index in [1.807, 2.05) is 42.8 Å². The number of nitrogens with one attached hydrogen (secondary N) is 1. The number of nitrogens with zero attached hydrogens (tertiary/aromatic N) is 5. The molecule has 0 unspecified atom stereocenters. The molecule has 3 heterocycles. The van der Waals surface area contributed by atoms with Crippen LogP contribution < -0.4 is 5.32 Å². The van der Waals surface area contributed by atoms with Crippen LogP contribution in [-0.2, 0) is 19.5 Å². The molecule has 1 aromatic carbocycles. The lowest BCUT2D eigenvalue weighted by Crippen LogP contribution is -2.37. The maximum absolute atomic E-state index is 5.38. The summed E-state index contributed by atoms with van der Waals surface area (Å²) in [6, 6.07) is 8.41. The van der Waals surface area contributed by atoms with Gasteiger partial charge in [-0.2, -0.15) is 10.1 Å². The number of aromatic nitrogens is 5. The Hall–Kier alpha value is -2.54. The fourth-order valence-electron chi connectivity index (χ4n) is 3.06. The lowest BCUT2D eigenvalue weighted by atomic mass is 10.1. The minimum absolute atomic E-state index is 0.347. The molecule has 4 rings (SSSR count). The van der Waals surface area contributed by atoms with Gasteiger partial charge in [0.2, 0.25) is 0 Å². The highest BCUT2D eigenvalue weighted by atomic mass is 16.5. The summed E-state index contributed by atoms with van der Waals surface area (Å²) in [6.07, 6.45) is 1.99. The van der Waals surface area contributed by atoms with Crippen molar-refractivity contribution in [1.29, 1.82) is 0 Å². The normalized spacial score (nSPS) is 17.0. The first-order chi connectivity index (χ1) is 11.7. The van der Waals surface area contributed by atoms with E-state index in [-0.39, 0.29) is 0 Å². The van der Waals surface area contributed by atoms with Crippen LogP contribution in [0.1, 0.15) is 29.5 Å². The molecule has 1 aliphatic rings. The number of hydrogen-bond acceptors (Lipinski definition) is 6. The Kier molecular flexibility index (Phi) is 3.86. The third-order valence-corrected chi connectivity index (χ3v) is 4.25.